The molecule has 3 aromatic carbocycles. The summed E-state index contributed by atoms with van der Waals surface area (Å²) in [5.41, 5.74) is 3.34. The first-order chi connectivity index (χ1) is 16.5. The van der Waals surface area contributed by atoms with E-state index in [0.29, 0.717) is 35.1 Å². The number of carbonyl (C=O) groups is 2. The molecule has 1 aliphatic heterocycles. The Morgan fingerprint density at radius 3 is 2.59 bits per heavy atom. The molecule has 1 heterocycles. The molecule has 0 saturated carbocycles. The van der Waals surface area contributed by atoms with E-state index >= 15 is 0 Å². The van der Waals surface area contributed by atoms with E-state index in [1.165, 1.54) is 0 Å². The van der Waals surface area contributed by atoms with E-state index in [0.717, 1.165) is 16.7 Å². The summed E-state index contributed by atoms with van der Waals surface area (Å²) in [5.74, 6) is -0.121. The average molecular weight is 482 g/mol. The molecule has 176 valence electrons. The highest BCUT2D eigenvalue weighted by atomic mass is 35.5. The lowest BCUT2D eigenvalue weighted by atomic mass is 9.88. The summed E-state index contributed by atoms with van der Waals surface area (Å²) in [6.07, 6.45) is 0.150. The Balaban J connectivity index is 1.68. The summed E-state index contributed by atoms with van der Waals surface area (Å²) in [5, 5.41) is 9.55. The van der Waals surface area contributed by atoms with Crippen molar-refractivity contribution in [3.05, 3.63) is 94.0 Å². The van der Waals surface area contributed by atoms with Crippen molar-refractivity contribution in [1.82, 2.24) is 4.90 Å². The van der Waals surface area contributed by atoms with Crippen LogP contribution in [-0.4, -0.2) is 42.3 Å². The van der Waals surface area contributed by atoms with Crippen molar-refractivity contribution < 1.29 is 28.9 Å². The highest BCUT2D eigenvalue weighted by molar-refractivity contribution is 6.30. The minimum atomic E-state index is -1.10. The summed E-state index contributed by atoms with van der Waals surface area (Å²) in [6.45, 7) is -0.0514. The third-order valence-electron chi connectivity index (χ3n) is 5.68. The number of carboxylic acids is 1. The zero-order chi connectivity index (χ0) is 24.1. The molecular formula is C26H24ClNO6. The summed E-state index contributed by atoms with van der Waals surface area (Å²) in [4.78, 5) is 26.1. The predicted octanol–water partition coefficient (Wildman–Crippen LogP) is 5.10. The van der Waals surface area contributed by atoms with Gasteiger partial charge in [-0.25, -0.2) is 9.59 Å². The van der Waals surface area contributed by atoms with Gasteiger partial charge in [0.25, 0.3) is 0 Å². The maximum absolute atomic E-state index is 13.3. The quantitative estimate of drug-likeness (QED) is 0.505. The number of rotatable bonds is 7. The van der Waals surface area contributed by atoms with Gasteiger partial charge < -0.3 is 19.3 Å². The largest absolute Gasteiger partial charge is 0.496 e. The molecule has 7 nitrogen and oxygen atoms in total. The van der Waals surface area contributed by atoms with E-state index < -0.39 is 24.7 Å². The minimum absolute atomic E-state index is 0.0473. The van der Waals surface area contributed by atoms with Gasteiger partial charge in [0.05, 0.1) is 13.2 Å². The highest BCUT2D eigenvalue weighted by Gasteiger charge is 2.35. The van der Waals surface area contributed by atoms with Crippen molar-refractivity contribution in [3.63, 3.8) is 0 Å². The first-order valence-electron chi connectivity index (χ1n) is 10.7. The fourth-order valence-corrected chi connectivity index (χ4v) is 4.33. The first-order valence-corrected chi connectivity index (χ1v) is 11.1. The molecule has 1 amide bonds. The number of nitrogens with zero attached hydrogens (tertiary/aromatic N) is 1. The third-order valence-corrected chi connectivity index (χ3v) is 5.91. The molecule has 0 fully saturated rings. The van der Waals surface area contributed by atoms with Crippen LogP contribution < -0.4 is 9.47 Å². The van der Waals surface area contributed by atoms with Gasteiger partial charge >= 0.3 is 12.1 Å². The number of fused-ring (bicyclic) bond motifs is 1. The van der Waals surface area contributed by atoms with Gasteiger partial charge in [-0.2, -0.15) is 0 Å². The Bertz CT molecular complexity index is 1200. The summed E-state index contributed by atoms with van der Waals surface area (Å²) in [7, 11) is 1.57. The van der Waals surface area contributed by atoms with Crippen molar-refractivity contribution in [3.8, 4) is 11.5 Å². The van der Waals surface area contributed by atoms with E-state index in [2.05, 4.69) is 0 Å². The number of amides is 1. The first kappa shape index (κ1) is 23.4. The molecule has 4 rings (SSSR count). The molecule has 3 aromatic rings. The monoisotopic (exact) mass is 481 g/mol. The molecule has 1 N–H and O–H groups in total. The maximum Gasteiger partial charge on any atom is 0.410 e. The molecule has 1 unspecified atom stereocenters. The highest BCUT2D eigenvalue weighted by Crippen LogP contribution is 2.41. The van der Waals surface area contributed by atoms with Crippen molar-refractivity contribution in [2.75, 3.05) is 20.3 Å². The number of carboxylic acid groups (broad SMARTS) is 1. The second-order valence-corrected chi connectivity index (χ2v) is 8.21. The molecule has 0 spiro atoms. The fourth-order valence-electron chi connectivity index (χ4n) is 4.15. The van der Waals surface area contributed by atoms with Gasteiger partial charge in [0.2, 0.25) is 0 Å². The lowest BCUT2D eigenvalue weighted by Crippen LogP contribution is -2.41. The van der Waals surface area contributed by atoms with Crippen LogP contribution in [-0.2, 0) is 22.6 Å². The molecule has 1 aliphatic rings. The Kier molecular flexibility index (Phi) is 7.23. The number of aliphatic carboxylic acids is 1. The van der Waals surface area contributed by atoms with Gasteiger partial charge in [-0.3, -0.25) is 4.90 Å². The van der Waals surface area contributed by atoms with Crippen molar-refractivity contribution in [1.29, 1.82) is 0 Å². The molecule has 8 heteroatoms. The topological polar surface area (TPSA) is 85.3 Å². The number of hydrogen-bond donors (Lipinski definition) is 1. The average Bonchev–Trinajstić information content (AvgIpc) is 2.85. The third kappa shape index (κ3) is 5.10. The summed E-state index contributed by atoms with van der Waals surface area (Å²) < 4.78 is 16.6. The lowest BCUT2D eigenvalue weighted by Gasteiger charge is -2.37. The second kappa shape index (κ2) is 10.5. The van der Waals surface area contributed by atoms with Gasteiger partial charge in [-0.1, -0.05) is 54.1 Å². The summed E-state index contributed by atoms with van der Waals surface area (Å²) in [6, 6.07) is 19.5. The van der Waals surface area contributed by atoms with Crippen LogP contribution in [0.1, 0.15) is 28.3 Å². The van der Waals surface area contributed by atoms with E-state index in [9.17, 15) is 9.59 Å². The van der Waals surface area contributed by atoms with Gasteiger partial charge in [0.1, 0.15) is 18.1 Å². The SMILES string of the molecule is COc1ccccc1COC(=O)N1CCc2ccccc2C1c1cc(Cl)ccc1OCC(=O)O. The minimum Gasteiger partial charge on any atom is -0.496 e. The summed E-state index contributed by atoms with van der Waals surface area (Å²) >= 11 is 6.31. The Morgan fingerprint density at radius 2 is 1.79 bits per heavy atom. The number of ether oxygens (including phenoxy) is 3. The predicted molar refractivity (Wildman–Crippen MR) is 126 cm³/mol. The van der Waals surface area contributed by atoms with Crippen LogP contribution in [0.15, 0.2) is 66.7 Å². The van der Waals surface area contributed by atoms with Gasteiger partial charge in [0, 0.05) is 22.7 Å². The van der Waals surface area contributed by atoms with E-state index in [1.807, 2.05) is 42.5 Å². The van der Waals surface area contributed by atoms with Crippen LogP contribution >= 0.6 is 11.6 Å². The zero-order valence-electron chi connectivity index (χ0n) is 18.6. The fraction of sp³-hybridized carbons (Fsp3) is 0.231. The number of halogens is 1. The lowest BCUT2D eigenvalue weighted by molar-refractivity contribution is -0.139. The van der Waals surface area contributed by atoms with Crippen molar-refractivity contribution >= 4 is 23.7 Å². The van der Waals surface area contributed by atoms with Crippen LogP contribution in [0.2, 0.25) is 5.02 Å². The number of benzene rings is 3. The Labute approximate surface area is 202 Å². The normalized spacial score (nSPS) is 14.8. The number of para-hydroxylation sites is 1. The molecule has 0 radical (unpaired) electrons. The van der Waals surface area contributed by atoms with E-state index in [4.69, 9.17) is 30.9 Å². The number of carbonyl (C=O) groups excluding carboxylic acids is 1. The van der Waals surface area contributed by atoms with E-state index in [-0.39, 0.29) is 6.61 Å². The molecule has 34 heavy (non-hydrogen) atoms. The molecular weight excluding hydrogens is 458 g/mol. The van der Waals surface area contributed by atoms with Crippen molar-refractivity contribution in [2.24, 2.45) is 0 Å². The molecule has 0 bridgehead atoms. The Morgan fingerprint density at radius 1 is 1.03 bits per heavy atom. The van der Waals surface area contributed by atoms with E-state index in [1.54, 1.807) is 36.3 Å². The molecule has 0 aliphatic carbocycles. The zero-order valence-corrected chi connectivity index (χ0v) is 19.3. The van der Waals surface area contributed by atoms with Crippen LogP contribution in [0.3, 0.4) is 0 Å². The van der Waals surface area contributed by atoms with Crippen molar-refractivity contribution in [2.45, 2.75) is 19.1 Å². The van der Waals surface area contributed by atoms with Crippen LogP contribution in [0.25, 0.3) is 0 Å². The number of methoxy groups -OCH3 is 1. The second-order valence-electron chi connectivity index (χ2n) is 7.78. The van der Waals surface area contributed by atoms with Crippen LogP contribution in [0.4, 0.5) is 4.79 Å². The van der Waals surface area contributed by atoms with Crippen LogP contribution in [0.5, 0.6) is 11.5 Å². The van der Waals surface area contributed by atoms with Gasteiger partial charge in [0.15, 0.2) is 6.61 Å². The van der Waals surface area contributed by atoms with Gasteiger partial charge in [-0.05, 0) is 41.8 Å². The molecule has 0 aromatic heterocycles. The molecule has 0 saturated heterocycles. The standard InChI is InChI=1S/C26H24ClNO6/c1-32-22-9-5-3-7-18(22)15-34-26(31)28-13-12-17-6-2-4-8-20(17)25(28)21-14-19(27)10-11-23(21)33-16-24(29)30/h2-11,14,25H,12-13,15-16H2,1H3,(H,29,30). The van der Waals surface area contributed by atoms with Gasteiger partial charge in [-0.15, -0.1) is 0 Å². The smallest absolute Gasteiger partial charge is 0.410 e. The molecule has 1 atom stereocenters. The maximum atomic E-state index is 13.3. The number of hydrogen-bond acceptors (Lipinski definition) is 5. The van der Waals surface area contributed by atoms with Crippen LogP contribution in [0, 0.1) is 0 Å². The Hall–Kier alpha value is -3.71.